The SMILES string of the molecule is COc1ccc(Cl)cc1NC(=O)CNc1cc(S(=O)(=O)N2CCCCC2)ccc1N(C)C. The number of hydrogen-bond donors (Lipinski definition) is 2. The highest BCUT2D eigenvalue weighted by Crippen LogP contribution is 2.30. The molecule has 0 atom stereocenters. The van der Waals surface area contributed by atoms with Crippen molar-refractivity contribution in [1.29, 1.82) is 0 Å². The third-order valence-corrected chi connectivity index (χ3v) is 7.41. The molecule has 1 fully saturated rings. The van der Waals surface area contributed by atoms with Crippen molar-refractivity contribution in [1.82, 2.24) is 4.31 Å². The standard InChI is InChI=1S/C22H29ClN4O4S/c1-26(2)20-9-8-17(32(29,30)27-11-5-4-6-12-27)14-18(20)24-15-22(28)25-19-13-16(23)7-10-21(19)31-3/h7-10,13-14,24H,4-6,11-12,15H2,1-3H3,(H,25,28). The Morgan fingerprint density at radius 2 is 1.81 bits per heavy atom. The Bertz CT molecular complexity index is 1070. The number of ether oxygens (including phenoxy) is 1. The molecule has 1 heterocycles. The van der Waals surface area contributed by atoms with E-state index in [-0.39, 0.29) is 17.3 Å². The number of methoxy groups -OCH3 is 1. The fraction of sp³-hybridized carbons (Fsp3) is 0.409. The van der Waals surface area contributed by atoms with Crippen molar-refractivity contribution in [2.75, 3.05) is 56.4 Å². The first kappa shape index (κ1) is 24.2. The summed E-state index contributed by atoms with van der Waals surface area (Å²) in [5.74, 6) is 0.172. The molecule has 2 aromatic rings. The summed E-state index contributed by atoms with van der Waals surface area (Å²) >= 11 is 6.02. The van der Waals surface area contributed by atoms with Crippen LogP contribution in [-0.2, 0) is 14.8 Å². The molecule has 2 N–H and O–H groups in total. The molecule has 0 bridgehead atoms. The predicted octanol–water partition coefficient (Wildman–Crippen LogP) is 3.64. The van der Waals surface area contributed by atoms with Gasteiger partial charge in [0, 0.05) is 32.2 Å². The second kappa shape index (κ2) is 10.4. The van der Waals surface area contributed by atoms with Crippen molar-refractivity contribution in [2.45, 2.75) is 24.2 Å². The van der Waals surface area contributed by atoms with Gasteiger partial charge in [-0.3, -0.25) is 4.79 Å². The summed E-state index contributed by atoms with van der Waals surface area (Å²) in [5.41, 5.74) is 1.79. The van der Waals surface area contributed by atoms with Crippen molar-refractivity contribution in [3.05, 3.63) is 41.4 Å². The van der Waals surface area contributed by atoms with Gasteiger partial charge in [0.1, 0.15) is 5.75 Å². The number of piperidine rings is 1. The van der Waals surface area contributed by atoms with E-state index >= 15 is 0 Å². The average Bonchev–Trinajstić information content (AvgIpc) is 2.78. The third kappa shape index (κ3) is 5.65. The molecule has 0 saturated carbocycles. The van der Waals surface area contributed by atoms with Crippen LogP contribution in [0.3, 0.4) is 0 Å². The molecule has 0 aromatic heterocycles. The number of sulfonamides is 1. The number of anilines is 3. The summed E-state index contributed by atoms with van der Waals surface area (Å²) in [6, 6.07) is 9.90. The molecule has 0 radical (unpaired) electrons. The topological polar surface area (TPSA) is 91.0 Å². The van der Waals surface area contributed by atoms with E-state index < -0.39 is 10.0 Å². The van der Waals surface area contributed by atoms with Gasteiger partial charge in [-0.15, -0.1) is 0 Å². The van der Waals surface area contributed by atoms with Crippen molar-refractivity contribution in [3.63, 3.8) is 0 Å². The summed E-state index contributed by atoms with van der Waals surface area (Å²) in [4.78, 5) is 14.6. The van der Waals surface area contributed by atoms with Crippen LogP contribution >= 0.6 is 11.6 Å². The highest BCUT2D eigenvalue weighted by molar-refractivity contribution is 7.89. The van der Waals surface area contributed by atoms with E-state index in [9.17, 15) is 13.2 Å². The normalized spacial score (nSPS) is 14.6. The predicted molar refractivity (Wildman–Crippen MR) is 129 cm³/mol. The quantitative estimate of drug-likeness (QED) is 0.599. The van der Waals surface area contributed by atoms with E-state index in [4.69, 9.17) is 16.3 Å². The molecule has 1 aliphatic rings. The molecular formula is C22H29ClN4O4S. The summed E-state index contributed by atoms with van der Waals surface area (Å²) in [6.45, 7) is 0.999. The molecule has 3 rings (SSSR count). The number of halogens is 1. The third-order valence-electron chi connectivity index (χ3n) is 5.28. The van der Waals surface area contributed by atoms with Crippen LogP contribution in [0.15, 0.2) is 41.3 Å². The van der Waals surface area contributed by atoms with E-state index in [0.717, 1.165) is 24.9 Å². The van der Waals surface area contributed by atoms with Crippen LogP contribution in [0.5, 0.6) is 5.75 Å². The highest BCUT2D eigenvalue weighted by atomic mass is 35.5. The van der Waals surface area contributed by atoms with Gasteiger partial charge >= 0.3 is 0 Å². The molecular weight excluding hydrogens is 452 g/mol. The molecule has 174 valence electrons. The van der Waals surface area contributed by atoms with Crippen LogP contribution in [0.4, 0.5) is 17.1 Å². The number of nitrogens with zero attached hydrogens (tertiary/aromatic N) is 2. The van der Waals surface area contributed by atoms with Crippen molar-refractivity contribution >= 4 is 44.6 Å². The minimum Gasteiger partial charge on any atom is -0.495 e. The van der Waals surface area contributed by atoms with E-state index in [2.05, 4.69) is 10.6 Å². The van der Waals surface area contributed by atoms with Gasteiger partial charge in [0.15, 0.2) is 0 Å². The number of nitrogens with one attached hydrogen (secondary N) is 2. The number of amides is 1. The van der Waals surface area contributed by atoms with Crippen LogP contribution in [0.2, 0.25) is 5.02 Å². The van der Waals surface area contributed by atoms with Gasteiger partial charge in [-0.25, -0.2) is 8.42 Å². The van der Waals surface area contributed by atoms with Gasteiger partial charge in [-0.2, -0.15) is 4.31 Å². The second-order valence-electron chi connectivity index (χ2n) is 7.78. The van der Waals surface area contributed by atoms with Gasteiger partial charge < -0.3 is 20.3 Å². The molecule has 32 heavy (non-hydrogen) atoms. The summed E-state index contributed by atoms with van der Waals surface area (Å²) < 4.78 is 32.9. The minimum absolute atomic E-state index is 0.0658. The van der Waals surface area contributed by atoms with Crippen molar-refractivity contribution in [3.8, 4) is 5.75 Å². The first-order valence-electron chi connectivity index (χ1n) is 10.4. The Morgan fingerprint density at radius 1 is 1.09 bits per heavy atom. The fourth-order valence-corrected chi connectivity index (χ4v) is 5.33. The van der Waals surface area contributed by atoms with Crippen LogP contribution < -0.4 is 20.3 Å². The van der Waals surface area contributed by atoms with Crippen LogP contribution in [0.1, 0.15) is 19.3 Å². The lowest BCUT2D eigenvalue weighted by Gasteiger charge is -2.27. The van der Waals surface area contributed by atoms with Gasteiger partial charge in [-0.1, -0.05) is 18.0 Å². The smallest absolute Gasteiger partial charge is 0.243 e. The van der Waals surface area contributed by atoms with Crippen LogP contribution in [0, 0.1) is 0 Å². The lowest BCUT2D eigenvalue weighted by atomic mass is 10.2. The van der Waals surface area contributed by atoms with Gasteiger partial charge in [0.2, 0.25) is 15.9 Å². The molecule has 1 amide bonds. The maximum absolute atomic E-state index is 13.1. The van der Waals surface area contributed by atoms with Gasteiger partial charge in [-0.05, 0) is 49.2 Å². The van der Waals surface area contributed by atoms with E-state index in [1.807, 2.05) is 19.0 Å². The van der Waals surface area contributed by atoms with Crippen molar-refractivity contribution in [2.24, 2.45) is 0 Å². The zero-order valence-corrected chi connectivity index (χ0v) is 20.1. The Balaban J connectivity index is 1.78. The van der Waals surface area contributed by atoms with E-state index in [1.54, 1.807) is 36.4 Å². The molecule has 0 spiro atoms. The first-order valence-corrected chi connectivity index (χ1v) is 12.2. The lowest BCUT2D eigenvalue weighted by molar-refractivity contribution is -0.114. The number of carbonyl (C=O) groups is 1. The van der Waals surface area contributed by atoms with Gasteiger partial charge in [0.05, 0.1) is 35.6 Å². The zero-order valence-electron chi connectivity index (χ0n) is 18.5. The number of carbonyl (C=O) groups excluding carboxylic acids is 1. The Hall–Kier alpha value is -2.49. The monoisotopic (exact) mass is 480 g/mol. The Kier molecular flexibility index (Phi) is 7.86. The van der Waals surface area contributed by atoms with E-state index in [1.165, 1.54) is 11.4 Å². The lowest BCUT2D eigenvalue weighted by Crippen LogP contribution is -2.35. The molecule has 2 aromatic carbocycles. The molecule has 1 saturated heterocycles. The second-order valence-corrected chi connectivity index (χ2v) is 10.2. The van der Waals surface area contributed by atoms with E-state index in [0.29, 0.717) is 35.2 Å². The number of rotatable bonds is 8. The molecule has 0 unspecified atom stereocenters. The molecule has 0 aliphatic carbocycles. The number of benzene rings is 2. The summed E-state index contributed by atoms with van der Waals surface area (Å²) in [6.07, 6.45) is 2.78. The van der Waals surface area contributed by atoms with Gasteiger partial charge in [0.25, 0.3) is 0 Å². The minimum atomic E-state index is -3.58. The highest BCUT2D eigenvalue weighted by Gasteiger charge is 2.26. The number of hydrogen-bond acceptors (Lipinski definition) is 6. The molecule has 10 heteroatoms. The maximum atomic E-state index is 13.1. The van der Waals surface area contributed by atoms with Crippen molar-refractivity contribution < 1.29 is 17.9 Å². The summed E-state index contributed by atoms with van der Waals surface area (Å²) in [5, 5.41) is 6.31. The average molecular weight is 481 g/mol. The summed E-state index contributed by atoms with van der Waals surface area (Å²) in [7, 11) is 1.64. The zero-order chi connectivity index (χ0) is 23.3. The largest absolute Gasteiger partial charge is 0.495 e. The fourth-order valence-electron chi connectivity index (χ4n) is 3.61. The molecule has 8 nitrogen and oxygen atoms in total. The molecule has 1 aliphatic heterocycles. The van der Waals surface area contributed by atoms with Crippen LogP contribution in [-0.4, -0.2) is 59.5 Å². The Labute approximate surface area is 194 Å². The Morgan fingerprint density at radius 3 is 2.47 bits per heavy atom. The van der Waals surface area contributed by atoms with Crippen LogP contribution in [0.25, 0.3) is 0 Å². The first-order chi connectivity index (χ1) is 15.2. The maximum Gasteiger partial charge on any atom is 0.243 e.